The first kappa shape index (κ1) is 15.9. The van der Waals surface area contributed by atoms with Crippen LogP contribution in [-0.2, 0) is 6.54 Å². The molecule has 0 fully saturated rings. The number of thiazole rings is 1. The summed E-state index contributed by atoms with van der Waals surface area (Å²) in [5, 5.41) is 8.83. The van der Waals surface area contributed by atoms with Gasteiger partial charge in [-0.15, -0.1) is 6.58 Å². The molecule has 1 heterocycles. The quantitative estimate of drug-likeness (QED) is 0.684. The average molecular weight is 333 g/mol. The summed E-state index contributed by atoms with van der Waals surface area (Å²) in [4.78, 5) is 17.4. The van der Waals surface area contributed by atoms with Crippen LogP contribution in [0.15, 0.2) is 60.1 Å². The maximum atomic E-state index is 12.4. The molecule has 0 saturated heterocycles. The fourth-order valence-corrected chi connectivity index (χ4v) is 3.55. The van der Waals surface area contributed by atoms with Crippen molar-refractivity contribution in [2.24, 2.45) is 4.99 Å². The molecule has 118 valence electrons. The standard InChI is InChI=1S/C19H15N3OS/c1-3-10-22-16-9-4-13(2)11-17(16)24-19(22)21-18(23)15-7-5-14(12-20)6-8-15/h3-9,11H,1,10H2,2H3. The summed E-state index contributed by atoms with van der Waals surface area (Å²) in [6, 6.07) is 14.7. The largest absolute Gasteiger partial charge is 0.312 e. The number of nitriles is 1. The number of hydrogen-bond donors (Lipinski definition) is 0. The van der Waals surface area contributed by atoms with Crippen molar-refractivity contribution in [1.29, 1.82) is 5.26 Å². The smallest absolute Gasteiger partial charge is 0.279 e. The highest BCUT2D eigenvalue weighted by Crippen LogP contribution is 2.19. The van der Waals surface area contributed by atoms with Crippen molar-refractivity contribution in [3.63, 3.8) is 0 Å². The van der Waals surface area contributed by atoms with Crippen molar-refractivity contribution in [1.82, 2.24) is 4.57 Å². The van der Waals surface area contributed by atoms with E-state index in [0.29, 0.717) is 22.5 Å². The van der Waals surface area contributed by atoms with Crippen molar-refractivity contribution in [2.45, 2.75) is 13.5 Å². The maximum absolute atomic E-state index is 12.4. The number of rotatable bonds is 3. The van der Waals surface area contributed by atoms with E-state index in [2.05, 4.69) is 17.6 Å². The minimum absolute atomic E-state index is 0.319. The number of allylic oxidation sites excluding steroid dienone is 1. The van der Waals surface area contributed by atoms with Gasteiger partial charge in [0.05, 0.1) is 21.8 Å². The van der Waals surface area contributed by atoms with Gasteiger partial charge in [-0.3, -0.25) is 4.79 Å². The van der Waals surface area contributed by atoms with Crippen LogP contribution in [0, 0.1) is 18.3 Å². The van der Waals surface area contributed by atoms with E-state index in [4.69, 9.17) is 5.26 Å². The zero-order valence-electron chi connectivity index (χ0n) is 13.2. The lowest BCUT2D eigenvalue weighted by molar-refractivity contribution is 0.0998. The predicted octanol–water partition coefficient (Wildman–Crippen LogP) is 3.81. The Bertz CT molecular complexity index is 1030. The first-order chi connectivity index (χ1) is 11.6. The molecule has 0 spiro atoms. The van der Waals surface area contributed by atoms with Crippen LogP contribution in [0.2, 0.25) is 0 Å². The third-order valence-electron chi connectivity index (χ3n) is 3.61. The molecule has 3 aromatic rings. The average Bonchev–Trinajstić information content (AvgIpc) is 2.91. The van der Waals surface area contributed by atoms with Crippen molar-refractivity contribution < 1.29 is 4.79 Å². The normalized spacial score (nSPS) is 11.4. The summed E-state index contributed by atoms with van der Waals surface area (Å²) in [7, 11) is 0. The van der Waals surface area contributed by atoms with Crippen LogP contribution in [0.25, 0.3) is 10.2 Å². The van der Waals surface area contributed by atoms with Crippen LogP contribution < -0.4 is 4.80 Å². The number of carbonyl (C=O) groups is 1. The van der Waals surface area contributed by atoms with E-state index in [9.17, 15) is 4.79 Å². The van der Waals surface area contributed by atoms with E-state index >= 15 is 0 Å². The Morgan fingerprint density at radius 3 is 2.75 bits per heavy atom. The van der Waals surface area contributed by atoms with Crippen molar-refractivity contribution >= 4 is 27.5 Å². The molecule has 0 aliphatic carbocycles. The van der Waals surface area contributed by atoms with Crippen LogP contribution in [-0.4, -0.2) is 10.5 Å². The number of carbonyl (C=O) groups excluding carboxylic acids is 1. The predicted molar refractivity (Wildman–Crippen MR) is 95.8 cm³/mol. The minimum atomic E-state index is -0.319. The topological polar surface area (TPSA) is 58.1 Å². The first-order valence-electron chi connectivity index (χ1n) is 7.42. The van der Waals surface area contributed by atoms with Gasteiger partial charge in [0.25, 0.3) is 5.91 Å². The lowest BCUT2D eigenvalue weighted by Gasteiger charge is -2.01. The van der Waals surface area contributed by atoms with E-state index < -0.39 is 0 Å². The monoisotopic (exact) mass is 333 g/mol. The van der Waals surface area contributed by atoms with Gasteiger partial charge in [0.15, 0.2) is 4.80 Å². The fourth-order valence-electron chi connectivity index (χ4n) is 2.41. The summed E-state index contributed by atoms with van der Waals surface area (Å²) < 4.78 is 3.07. The zero-order chi connectivity index (χ0) is 17.1. The summed E-state index contributed by atoms with van der Waals surface area (Å²) >= 11 is 1.48. The number of aromatic nitrogens is 1. The molecule has 0 radical (unpaired) electrons. The molecule has 0 unspecified atom stereocenters. The number of benzene rings is 2. The van der Waals surface area contributed by atoms with Gasteiger partial charge < -0.3 is 4.57 Å². The highest BCUT2D eigenvalue weighted by atomic mass is 32.1. The van der Waals surface area contributed by atoms with E-state index in [1.54, 1.807) is 30.3 Å². The lowest BCUT2D eigenvalue weighted by Crippen LogP contribution is -2.16. The van der Waals surface area contributed by atoms with Gasteiger partial charge in [-0.05, 0) is 48.9 Å². The first-order valence-corrected chi connectivity index (χ1v) is 8.24. The van der Waals surface area contributed by atoms with Crippen molar-refractivity contribution in [3.8, 4) is 6.07 Å². The van der Waals surface area contributed by atoms with E-state index in [-0.39, 0.29) is 5.91 Å². The number of hydrogen-bond acceptors (Lipinski definition) is 3. The van der Waals surface area contributed by atoms with Gasteiger partial charge in [0.2, 0.25) is 0 Å². The molecule has 1 amide bonds. The van der Waals surface area contributed by atoms with Crippen molar-refractivity contribution in [2.75, 3.05) is 0 Å². The maximum Gasteiger partial charge on any atom is 0.279 e. The molecule has 2 aromatic carbocycles. The Morgan fingerprint density at radius 2 is 2.08 bits per heavy atom. The number of nitrogens with zero attached hydrogens (tertiary/aromatic N) is 3. The SMILES string of the molecule is C=CCn1c(=NC(=O)c2ccc(C#N)cc2)sc2cc(C)ccc21. The van der Waals surface area contributed by atoms with Gasteiger partial charge in [0.1, 0.15) is 0 Å². The van der Waals surface area contributed by atoms with Crippen LogP contribution in [0.3, 0.4) is 0 Å². The summed E-state index contributed by atoms with van der Waals surface area (Å²) in [6.45, 7) is 6.41. The van der Waals surface area contributed by atoms with Crippen LogP contribution >= 0.6 is 11.3 Å². The molecule has 0 atom stereocenters. The summed E-state index contributed by atoms with van der Waals surface area (Å²) in [6.07, 6.45) is 1.79. The molecule has 0 saturated carbocycles. The molecule has 4 nitrogen and oxygen atoms in total. The van der Waals surface area contributed by atoms with E-state index in [1.807, 2.05) is 29.7 Å². The van der Waals surface area contributed by atoms with E-state index in [0.717, 1.165) is 10.2 Å². The Balaban J connectivity index is 2.10. The second kappa shape index (κ2) is 6.65. The fraction of sp³-hybridized carbons (Fsp3) is 0.105. The van der Waals surface area contributed by atoms with Gasteiger partial charge >= 0.3 is 0 Å². The number of aryl methyl sites for hydroxylation is 1. The molecule has 5 heteroatoms. The molecule has 0 aliphatic heterocycles. The summed E-state index contributed by atoms with van der Waals surface area (Å²) in [5.74, 6) is -0.319. The Hall–Kier alpha value is -2.97. The third kappa shape index (κ3) is 3.05. The lowest BCUT2D eigenvalue weighted by atomic mass is 10.1. The second-order valence-electron chi connectivity index (χ2n) is 5.36. The molecule has 24 heavy (non-hydrogen) atoms. The molecule has 1 aromatic heterocycles. The molecular weight excluding hydrogens is 318 g/mol. The van der Waals surface area contributed by atoms with Crippen molar-refractivity contribution in [3.05, 3.63) is 76.6 Å². The third-order valence-corrected chi connectivity index (χ3v) is 4.65. The van der Waals surface area contributed by atoms with Gasteiger partial charge in [-0.1, -0.05) is 23.5 Å². The molecule has 0 bridgehead atoms. The molecule has 0 aliphatic rings. The second-order valence-corrected chi connectivity index (χ2v) is 6.37. The zero-order valence-corrected chi connectivity index (χ0v) is 14.0. The molecule has 0 N–H and O–H groups in total. The molecular formula is C19H15N3OS. The van der Waals surface area contributed by atoms with Gasteiger partial charge in [-0.2, -0.15) is 10.3 Å². The van der Waals surface area contributed by atoms with Gasteiger partial charge in [-0.25, -0.2) is 0 Å². The molecule has 3 rings (SSSR count). The highest BCUT2D eigenvalue weighted by molar-refractivity contribution is 7.16. The number of amides is 1. The Kier molecular flexibility index (Phi) is 4.41. The summed E-state index contributed by atoms with van der Waals surface area (Å²) in [5.41, 5.74) is 3.19. The Morgan fingerprint density at radius 1 is 1.33 bits per heavy atom. The van der Waals surface area contributed by atoms with Crippen LogP contribution in [0.5, 0.6) is 0 Å². The van der Waals surface area contributed by atoms with Crippen LogP contribution in [0.1, 0.15) is 21.5 Å². The van der Waals surface area contributed by atoms with Gasteiger partial charge in [0, 0.05) is 12.1 Å². The highest BCUT2D eigenvalue weighted by Gasteiger charge is 2.09. The van der Waals surface area contributed by atoms with E-state index in [1.165, 1.54) is 16.9 Å². The van der Waals surface area contributed by atoms with Crippen LogP contribution in [0.4, 0.5) is 0 Å². The number of fused-ring (bicyclic) bond motifs is 1. The minimum Gasteiger partial charge on any atom is -0.312 e. The Labute approximate surface area is 143 Å².